The van der Waals surface area contributed by atoms with Gasteiger partial charge in [-0.25, -0.2) is 4.79 Å². The first-order valence-corrected chi connectivity index (χ1v) is 6.88. The minimum atomic E-state index is -0.461. The quantitative estimate of drug-likeness (QED) is 0.770. The number of carbonyl (C=O) groups excluding carboxylic acids is 1. The molecule has 2 N–H and O–H groups in total. The normalized spacial score (nSPS) is 24.2. The summed E-state index contributed by atoms with van der Waals surface area (Å²) in [4.78, 5) is 11.7. The lowest BCUT2D eigenvalue weighted by molar-refractivity contribution is -0.135. The molecule has 21 heavy (non-hydrogen) atoms. The van der Waals surface area contributed by atoms with Gasteiger partial charge in [0.1, 0.15) is 17.7 Å². The van der Waals surface area contributed by atoms with Gasteiger partial charge in [-0.1, -0.05) is 0 Å². The predicted octanol–water partition coefficient (Wildman–Crippen LogP) is 1.65. The van der Waals surface area contributed by atoms with Crippen molar-refractivity contribution in [3.05, 3.63) is 35.3 Å². The number of hydrogen-bond acceptors (Lipinski definition) is 6. The SMILES string of the molecule is COC(=O)C1=C/C(=C/NC2CCCCO2)C(=N)C(OC)=C1. The molecule has 1 fully saturated rings. The van der Waals surface area contributed by atoms with E-state index >= 15 is 0 Å². The molecule has 0 saturated carbocycles. The number of ether oxygens (including phenoxy) is 3. The number of rotatable bonds is 4. The van der Waals surface area contributed by atoms with Crippen molar-refractivity contribution < 1.29 is 19.0 Å². The molecular formula is C15H20N2O4. The maximum absolute atomic E-state index is 11.7. The number of carbonyl (C=O) groups is 1. The summed E-state index contributed by atoms with van der Waals surface area (Å²) in [6.07, 6.45) is 7.86. The summed E-state index contributed by atoms with van der Waals surface area (Å²) in [5.41, 5.74) is 1.13. The molecule has 0 aromatic heterocycles. The molecule has 1 unspecified atom stereocenters. The first-order chi connectivity index (χ1) is 10.2. The molecule has 0 aromatic rings. The zero-order chi connectivity index (χ0) is 15.2. The van der Waals surface area contributed by atoms with E-state index in [-0.39, 0.29) is 11.9 Å². The Balaban J connectivity index is 2.16. The third-order valence-corrected chi connectivity index (χ3v) is 3.38. The summed E-state index contributed by atoms with van der Waals surface area (Å²) in [5.74, 6) is -0.132. The zero-order valence-corrected chi connectivity index (χ0v) is 12.3. The minimum Gasteiger partial charge on any atom is -0.494 e. The molecule has 114 valence electrons. The molecule has 6 heteroatoms. The number of nitrogens with one attached hydrogen (secondary N) is 2. The van der Waals surface area contributed by atoms with E-state index in [1.807, 2.05) is 0 Å². The lowest BCUT2D eigenvalue weighted by Gasteiger charge is -2.23. The fourth-order valence-corrected chi connectivity index (χ4v) is 2.20. The molecule has 6 nitrogen and oxygen atoms in total. The van der Waals surface area contributed by atoms with Crippen LogP contribution < -0.4 is 5.32 Å². The van der Waals surface area contributed by atoms with Crippen LogP contribution in [0.3, 0.4) is 0 Å². The van der Waals surface area contributed by atoms with E-state index in [1.165, 1.54) is 20.3 Å². The van der Waals surface area contributed by atoms with Crippen molar-refractivity contribution in [1.29, 1.82) is 5.41 Å². The van der Waals surface area contributed by atoms with Crippen LogP contribution in [0.2, 0.25) is 0 Å². The van der Waals surface area contributed by atoms with Crippen LogP contribution in [-0.2, 0) is 19.0 Å². The maximum atomic E-state index is 11.7. The molecular weight excluding hydrogens is 272 g/mol. The summed E-state index contributed by atoms with van der Waals surface area (Å²) in [6, 6.07) is 0. The third-order valence-electron chi connectivity index (χ3n) is 3.38. The molecule has 0 radical (unpaired) electrons. The lowest BCUT2D eigenvalue weighted by atomic mass is 9.99. The summed E-state index contributed by atoms with van der Waals surface area (Å²) < 4.78 is 15.4. The number of methoxy groups -OCH3 is 2. The van der Waals surface area contributed by atoms with Gasteiger partial charge >= 0.3 is 5.97 Å². The van der Waals surface area contributed by atoms with Gasteiger partial charge in [0, 0.05) is 18.4 Å². The number of allylic oxidation sites excluding steroid dienone is 2. The Bertz CT molecular complexity index is 514. The molecule has 1 aliphatic heterocycles. The third kappa shape index (κ3) is 3.72. The van der Waals surface area contributed by atoms with Crippen molar-refractivity contribution in [2.75, 3.05) is 20.8 Å². The second kappa shape index (κ2) is 7.08. The number of hydrogen-bond donors (Lipinski definition) is 2. The van der Waals surface area contributed by atoms with Crippen molar-refractivity contribution in [2.45, 2.75) is 25.5 Å². The molecule has 1 saturated heterocycles. The minimum absolute atomic E-state index is 0.0501. The Morgan fingerprint density at radius 2 is 2.24 bits per heavy atom. The fourth-order valence-electron chi connectivity index (χ4n) is 2.20. The smallest absolute Gasteiger partial charge is 0.338 e. The Kier molecular flexibility index (Phi) is 5.16. The summed E-state index contributed by atoms with van der Waals surface area (Å²) >= 11 is 0. The van der Waals surface area contributed by atoms with Crippen molar-refractivity contribution in [3.8, 4) is 0 Å². The van der Waals surface area contributed by atoms with E-state index in [2.05, 4.69) is 5.32 Å². The highest BCUT2D eigenvalue weighted by Crippen LogP contribution is 2.20. The maximum Gasteiger partial charge on any atom is 0.338 e. The monoisotopic (exact) mass is 292 g/mol. The van der Waals surface area contributed by atoms with Crippen LogP contribution in [0, 0.1) is 5.41 Å². The molecule has 1 atom stereocenters. The van der Waals surface area contributed by atoms with Crippen LogP contribution in [0.4, 0.5) is 0 Å². The van der Waals surface area contributed by atoms with E-state index in [9.17, 15) is 4.79 Å². The standard InChI is InChI=1S/C15H20N2O4/c1-19-12-8-10(15(18)20-2)7-11(14(12)16)9-17-13-5-3-4-6-21-13/h7-9,13,16-17H,3-6H2,1-2H3/b11-9-,16-14?. The fraction of sp³-hybridized carbons (Fsp3) is 0.467. The van der Waals surface area contributed by atoms with Gasteiger partial charge in [-0.05, 0) is 31.4 Å². The van der Waals surface area contributed by atoms with Gasteiger partial charge in [0.05, 0.1) is 19.8 Å². The average Bonchev–Trinajstić information content (AvgIpc) is 2.54. The Hall–Kier alpha value is -2.08. The highest BCUT2D eigenvalue weighted by molar-refractivity contribution is 6.15. The molecule has 0 spiro atoms. The summed E-state index contributed by atoms with van der Waals surface area (Å²) in [7, 11) is 2.79. The molecule has 1 heterocycles. The molecule has 1 aliphatic carbocycles. The van der Waals surface area contributed by atoms with E-state index in [1.54, 1.807) is 12.3 Å². The summed E-state index contributed by atoms with van der Waals surface area (Å²) in [6.45, 7) is 0.741. The number of esters is 1. The summed E-state index contributed by atoms with van der Waals surface area (Å²) in [5, 5.41) is 11.2. The zero-order valence-electron chi connectivity index (χ0n) is 12.3. The first-order valence-electron chi connectivity index (χ1n) is 6.88. The second-order valence-electron chi connectivity index (χ2n) is 4.80. The average molecular weight is 292 g/mol. The highest BCUT2D eigenvalue weighted by Gasteiger charge is 2.21. The molecule has 2 rings (SSSR count). The van der Waals surface area contributed by atoms with Gasteiger partial charge in [-0.2, -0.15) is 0 Å². The van der Waals surface area contributed by atoms with Crippen LogP contribution in [0.5, 0.6) is 0 Å². The van der Waals surface area contributed by atoms with Crippen molar-refractivity contribution in [3.63, 3.8) is 0 Å². The van der Waals surface area contributed by atoms with Gasteiger partial charge in [-0.3, -0.25) is 5.41 Å². The highest BCUT2D eigenvalue weighted by atomic mass is 16.5. The molecule has 0 aromatic carbocycles. The molecule has 2 aliphatic rings. The van der Waals surface area contributed by atoms with E-state index in [4.69, 9.17) is 19.6 Å². The van der Waals surface area contributed by atoms with Gasteiger partial charge < -0.3 is 19.5 Å². The largest absolute Gasteiger partial charge is 0.494 e. The lowest BCUT2D eigenvalue weighted by Crippen LogP contribution is -2.31. The van der Waals surface area contributed by atoms with Gasteiger partial charge in [0.2, 0.25) is 0 Å². The van der Waals surface area contributed by atoms with Crippen molar-refractivity contribution in [1.82, 2.24) is 5.32 Å². The molecule has 0 bridgehead atoms. The first kappa shape index (κ1) is 15.3. The van der Waals surface area contributed by atoms with E-state index < -0.39 is 5.97 Å². The predicted molar refractivity (Wildman–Crippen MR) is 77.7 cm³/mol. The van der Waals surface area contributed by atoms with Crippen molar-refractivity contribution >= 4 is 11.7 Å². The van der Waals surface area contributed by atoms with Crippen LogP contribution >= 0.6 is 0 Å². The van der Waals surface area contributed by atoms with Crippen LogP contribution in [-0.4, -0.2) is 38.7 Å². The van der Waals surface area contributed by atoms with Gasteiger partial charge in [0.15, 0.2) is 0 Å². The molecule has 0 amide bonds. The van der Waals surface area contributed by atoms with Gasteiger partial charge in [-0.15, -0.1) is 0 Å². The van der Waals surface area contributed by atoms with Crippen LogP contribution in [0.1, 0.15) is 19.3 Å². The Labute approximate surface area is 124 Å². The second-order valence-corrected chi connectivity index (χ2v) is 4.80. The van der Waals surface area contributed by atoms with E-state index in [0.717, 1.165) is 25.9 Å². The van der Waals surface area contributed by atoms with Crippen molar-refractivity contribution in [2.24, 2.45) is 0 Å². The Morgan fingerprint density at radius 3 is 2.86 bits per heavy atom. The van der Waals surface area contributed by atoms with Gasteiger partial charge in [0.25, 0.3) is 0 Å². The van der Waals surface area contributed by atoms with Crippen LogP contribution in [0.25, 0.3) is 0 Å². The van der Waals surface area contributed by atoms with Crippen LogP contribution in [0.15, 0.2) is 35.3 Å². The van der Waals surface area contributed by atoms with E-state index in [0.29, 0.717) is 16.9 Å². The topological polar surface area (TPSA) is 80.6 Å². The Morgan fingerprint density at radius 1 is 1.43 bits per heavy atom.